The highest BCUT2D eigenvalue weighted by molar-refractivity contribution is 5.94. The molecular weight excluding hydrogens is 406 g/mol. The topological polar surface area (TPSA) is 86.5 Å². The number of carbonyl (C=O) groups excluding carboxylic acids is 1. The Morgan fingerprint density at radius 3 is 2.16 bits per heavy atom. The van der Waals surface area contributed by atoms with Gasteiger partial charge in [0.15, 0.2) is 0 Å². The van der Waals surface area contributed by atoms with Gasteiger partial charge in [-0.1, -0.05) is 18.2 Å². The first-order chi connectivity index (χ1) is 15.6. The highest BCUT2D eigenvalue weighted by atomic mass is 16.5. The first kappa shape index (κ1) is 21.1. The monoisotopic (exact) mass is 429 g/mol. The first-order valence-corrected chi connectivity index (χ1v) is 10.1. The number of rotatable bonds is 7. The van der Waals surface area contributed by atoms with Crippen LogP contribution in [0.15, 0.2) is 77.2 Å². The molecular formula is C25H23N3O4. The van der Waals surface area contributed by atoms with Gasteiger partial charge in [-0.3, -0.25) is 4.79 Å². The lowest BCUT2D eigenvalue weighted by Gasteiger charge is -2.18. The summed E-state index contributed by atoms with van der Waals surface area (Å²) in [7, 11) is 3.20. The number of benzene rings is 3. The molecule has 0 saturated carbocycles. The molecule has 0 aliphatic carbocycles. The Bertz CT molecular complexity index is 1200. The summed E-state index contributed by atoms with van der Waals surface area (Å²) in [5.41, 5.74) is 2.93. The molecule has 1 aromatic heterocycles. The average Bonchev–Trinajstić information content (AvgIpc) is 3.34. The van der Waals surface area contributed by atoms with Gasteiger partial charge in [0.2, 0.25) is 11.8 Å². The maximum Gasteiger partial charge on any atom is 0.251 e. The molecule has 4 rings (SSSR count). The molecule has 162 valence electrons. The van der Waals surface area contributed by atoms with E-state index in [9.17, 15) is 4.79 Å². The second-order valence-electron chi connectivity index (χ2n) is 7.16. The van der Waals surface area contributed by atoms with Gasteiger partial charge in [-0.25, -0.2) is 0 Å². The SMILES string of the molecule is COc1ccc(OC)c([C@H](C)NC(=O)c2ccc(-c3nnc(-c4ccccc4)o3)cc2)c1. The third-order valence-corrected chi connectivity index (χ3v) is 5.09. The van der Waals surface area contributed by atoms with E-state index >= 15 is 0 Å². The molecule has 0 radical (unpaired) electrons. The maximum atomic E-state index is 12.8. The summed E-state index contributed by atoms with van der Waals surface area (Å²) in [5, 5.41) is 11.2. The predicted octanol–water partition coefficient (Wildman–Crippen LogP) is 4.91. The summed E-state index contributed by atoms with van der Waals surface area (Å²) < 4.78 is 16.5. The Balaban J connectivity index is 1.48. The third-order valence-electron chi connectivity index (χ3n) is 5.09. The van der Waals surface area contributed by atoms with Crippen molar-refractivity contribution in [1.29, 1.82) is 0 Å². The van der Waals surface area contributed by atoms with Gasteiger partial charge in [0.25, 0.3) is 5.91 Å². The van der Waals surface area contributed by atoms with Gasteiger partial charge in [-0.05, 0) is 61.5 Å². The molecule has 32 heavy (non-hydrogen) atoms. The second-order valence-corrected chi connectivity index (χ2v) is 7.16. The van der Waals surface area contributed by atoms with E-state index < -0.39 is 0 Å². The number of carbonyl (C=O) groups is 1. The van der Waals surface area contributed by atoms with Crippen molar-refractivity contribution in [2.45, 2.75) is 13.0 Å². The van der Waals surface area contributed by atoms with Crippen LogP contribution in [-0.2, 0) is 0 Å². The van der Waals surface area contributed by atoms with Crippen LogP contribution in [0.25, 0.3) is 22.9 Å². The molecule has 3 aromatic carbocycles. The van der Waals surface area contributed by atoms with Crippen LogP contribution in [0.5, 0.6) is 11.5 Å². The normalized spacial score (nSPS) is 11.6. The minimum atomic E-state index is -0.281. The number of ether oxygens (including phenoxy) is 2. The highest BCUT2D eigenvalue weighted by Crippen LogP contribution is 2.29. The van der Waals surface area contributed by atoms with Crippen molar-refractivity contribution in [2.24, 2.45) is 0 Å². The molecule has 7 nitrogen and oxygen atoms in total. The van der Waals surface area contributed by atoms with Gasteiger partial charge >= 0.3 is 0 Å². The lowest BCUT2D eigenvalue weighted by molar-refractivity contribution is 0.0939. The molecule has 7 heteroatoms. The highest BCUT2D eigenvalue weighted by Gasteiger charge is 2.17. The van der Waals surface area contributed by atoms with Crippen molar-refractivity contribution in [3.05, 3.63) is 83.9 Å². The van der Waals surface area contributed by atoms with Gasteiger partial charge in [0, 0.05) is 22.3 Å². The molecule has 1 amide bonds. The number of nitrogens with zero attached hydrogens (tertiary/aromatic N) is 2. The van der Waals surface area contributed by atoms with E-state index in [4.69, 9.17) is 13.9 Å². The molecule has 0 bridgehead atoms. The fourth-order valence-electron chi connectivity index (χ4n) is 3.34. The number of amides is 1. The van der Waals surface area contributed by atoms with Crippen LogP contribution in [0.2, 0.25) is 0 Å². The maximum absolute atomic E-state index is 12.8. The van der Waals surface area contributed by atoms with E-state index in [0.29, 0.717) is 28.8 Å². The predicted molar refractivity (Wildman–Crippen MR) is 121 cm³/mol. The molecule has 1 heterocycles. The van der Waals surface area contributed by atoms with E-state index in [1.54, 1.807) is 38.5 Å². The molecule has 0 saturated heterocycles. The summed E-state index contributed by atoms with van der Waals surface area (Å²) in [6, 6.07) is 21.8. The van der Waals surface area contributed by atoms with Crippen molar-refractivity contribution in [3.8, 4) is 34.4 Å². The Hall–Kier alpha value is -4.13. The third kappa shape index (κ3) is 4.46. The standard InChI is InChI=1S/C25H23N3O4/c1-16(21-15-20(30-2)13-14-22(21)31-3)26-23(29)17-9-11-19(12-10-17)25-28-27-24(32-25)18-7-5-4-6-8-18/h4-16H,1-3H3,(H,26,29)/t16-/m0/s1. The molecule has 0 fully saturated rings. The van der Waals surface area contributed by atoms with Gasteiger partial charge in [-0.2, -0.15) is 0 Å². The summed E-state index contributed by atoms with van der Waals surface area (Å²) in [4.78, 5) is 12.8. The van der Waals surface area contributed by atoms with E-state index in [1.807, 2.05) is 55.5 Å². The zero-order valence-corrected chi connectivity index (χ0v) is 18.0. The molecule has 0 aliphatic rings. The van der Waals surface area contributed by atoms with Crippen molar-refractivity contribution >= 4 is 5.91 Å². The quantitative estimate of drug-likeness (QED) is 0.449. The molecule has 4 aromatic rings. The second kappa shape index (κ2) is 9.34. The Labute approximate surface area is 186 Å². The number of nitrogens with one attached hydrogen (secondary N) is 1. The molecule has 0 aliphatic heterocycles. The zero-order valence-electron chi connectivity index (χ0n) is 18.0. The summed E-state index contributed by atoms with van der Waals surface area (Å²) >= 11 is 0. The number of aromatic nitrogens is 2. The molecule has 1 atom stereocenters. The van der Waals surface area contributed by atoms with Crippen LogP contribution in [0.3, 0.4) is 0 Å². The van der Waals surface area contributed by atoms with E-state index in [1.165, 1.54) is 0 Å². The number of hydrogen-bond donors (Lipinski definition) is 1. The lowest BCUT2D eigenvalue weighted by atomic mass is 10.1. The Morgan fingerprint density at radius 2 is 1.53 bits per heavy atom. The first-order valence-electron chi connectivity index (χ1n) is 10.1. The summed E-state index contributed by atoms with van der Waals surface area (Å²) in [6.07, 6.45) is 0. The average molecular weight is 429 g/mol. The van der Waals surface area contributed by atoms with Crippen LogP contribution < -0.4 is 14.8 Å². The van der Waals surface area contributed by atoms with Gasteiger partial charge in [-0.15, -0.1) is 10.2 Å². The van der Waals surface area contributed by atoms with Crippen molar-refractivity contribution < 1.29 is 18.7 Å². The van der Waals surface area contributed by atoms with E-state index in [-0.39, 0.29) is 11.9 Å². The van der Waals surface area contributed by atoms with Gasteiger partial charge < -0.3 is 19.2 Å². The molecule has 1 N–H and O–H groups in total. The minimum absolute atomic E-state index is 0.204. The lowest BCUT2D eigenvalue weighted by Crippen LogP contribution is -2.26. The number of hydrogen-bond acceptors (Lipinski definition) is 6. The van der Waals surface area contributed by atoms with Crippen molar-refractivity contribution in [1.82, 2.24) is 15.5 Å². The van der Waals surface area contributed by atoms with Crippen LogP contribution in [0.4, 0.5) is 0 Å². The van der Waals surface area contributed by atoms with E-state index in [0.717, 1.165) is 16.7 Å². The largest absolute Gasteiger partial charge is 0.497 e. The van der Waals surface area contributed by atoms with Crippen molar-refractivity contribution in [3.63, 3.8) is 0 Å². The molecule has 0 spiro atoms. The fourth-order valence-corrected chi connectivity index (χ4v) is 3.34. The van der Waals surface area contributed by atoms with Crippen LogP contribution in [0.1, 0.15) is 28.9 Å². The number of methoxy groups -OCH3 is 2. The van der Waals surface area contributed by atoms with E-state index in [2.05, 4.69) is 15.5 Å². The van der Waals surface area contributed by atoms with Gasteiger partial charge in [0.05, 0.1) is 20.3 Å². The van der Waals surface area contributed by atoms with Gasteiger partial charge in [0.1, 0.15) is 11.5 Å². The van der Waals surface area contributed by atoms with Crippen LogP contribution >= 0.6 is 0 Å². The van der Waals surface area contributed by atoms with Crippen molar-refractivity contribution in [2.75, 3.05) is 14.2 Å². The zero-order chi connectivity index (χ0) is 22.5. The Kier molecular flexibility index (Phi) is 6.17. The molecule has 0 unspecified atom stereocenters. The van der Waals surface area contributed by atoms with Crippen LogP contribution in [-0.4, -0.2) is 30.3 Å². The summed E-state index contributed by atoms with van der Waals surface area (Å²) in [6.45, 7) is 1.90. The van der Waals surface area contributed by atoms with Crippen LogP contribution in [0, 0.1) is 0 Å². The fraction of sp³-hybridized carbons (Fsp3) is 0.160. The summed E-state index contributed by atoms with van der Waals surface area (Å²) in [5.74, 6) is 2.01. The Morgan fingerprint density at radius 1 is 0.875 bits per heavy atom. The minimum Gasteiger partial charge on any atom is -0.497 e. The smallest absolute Gasteiger partial charge is 0.251 e.